The molecule has 0 spiro atoms. The third-order valence-corrected chi connectivity index (χ3v) is 3.19. The third kappa shape index (κ3) is 3.18. The summed E-state index contributed by atoms with van der Waals surface area (Å²) in [6, 6.07) is 0. The molecule has 0 aliphatic heterocycles. The van der Waals surface area contributed by atoms with Crippen LogP contribution in [0, 0.1) is 0 Å². The molecule has 2 aromatic rings. The lowest BCUT2D eigenvalue weighted by molar-refractivity contribution is 0.0526. The first kappa shape index (κ1) is 14.1. The number of carbonyl (C=O) groups is 2. The van der Waals surface area contributed by atoms with Crippen molar-refractivity contribution < 1.29 is 14.3 Å². The molecule has 0 unspecified atom stereocenters. The average molecular weight is 295 g/mol. The number of aromatic amines is 1. The van der Waals surface area contributed by atoms with Gasteiger partial charge in [0.1, 0.15) is 17.8 Å². The second-order valence-electron chi connectivity index (χ2n) is 3.85. The van der Waals surface area contributed by atoms with Crippen molar-refractivity contribution >= 4 is 23.2 Å². The van der Waals surface area contributed by atoms with Gasteiger partial charge in [0.05, 0.1) is 13.2 Å². The van der Waals surface area contributed by atoms with Gasteiger partial charge in [0.25, 0.3) is 5.91 Å². The summed E-state index contributed by atoms with van der Waals surface area (Å²) >= 11 is 1.08. The highest BCUT2D eigenvalue weighted by Crippen LogP contribution is 2.13. The van der Waals surface area contributed by atoms with E-state index in [0.717, 1.165) is 11.3 Å². The van der Waals surface area contributed by atoms with Gasteiger partial charge in [-0.1, -0.05) is 0 Å². The molecule has 2 aromatic heterocycles. The smallest absolute Gasteiger partial charge is 0.367 e. The molecular weight excluding hydrogens is 282 g/mol. The van der Waals surface area contributed by atoms with Gasteiger partial charge in [0.2, 0.25) is 5.01 Å². The number of rotatable bonds is 5. The van der Waals surface area contributed by atoms with Crippen molar-refractivity contribution in [1.82, 2.24) is 25.1 Å². The van der Waals surface area contributed by atoms with Crippen molar-refractivity contribution in [3.63, 3.8) is 0 Å². The number of ether oxygens (including phenoxy) is 1. The van der Waals surface area contributed by atoms with E-state index in [-0.39, 0.29) is 29.8 Å². The normalized spacial score (nSPS) is 10.3. The van der Waals surface area contributed by atoms with E-state index in [1.807, 2.05) is 0 Å². The summed E-state index contributed by atoms with van der Waals surface area (Å²) in [7, 11) is 1.62. The van der Waals surface area contributed by atoms with Crippen LogP contribution >= 0.6 is 11.3 Å². The van der Waals surface area contributed by atoms with E-state index >= 15 is 0 Å². The van der Waals surface area contributed by atoms with Crippen LogP contribution in [0.15, 0.2) is 11.7 Å². The largest absolute Gasteiger partial charge is 0.461 e. The van der Waals surface area contributed by atoms with E-state index in [2.05, 4.69) is 20.2 Å². The van der Waals surface area contributed by atoms with E-state index in [1.165, 1.54) is 16.6 Å². The minimum absolute atomic E-state index is 0.170. The molecule has 0 fully saturated rings. The molecule has 0 bridgehead atoms. The maximum Gasteiger partial charge on any atom is 0.367 e. The number of thiazole rings is 1. The van der Waals surface area contributed by atoms with E-state index in [4.69, 9.17) is 4.74 Å². The highest BCUT2D eigenvalue weighted by Gasteiger charge is 2.19. The quantitative estimate of drug-likeness (QED) is 0.815. The van der Waals surface area contributed by atoms with Crippen molar-refractivity contribution in [3.8, 4) is 0 Å². The molecule has 0 aliphatic rings. The van der Waals surface area contributed by atoms with E-state index in [0.29, 0.717) is 5.82 Å². The Morgan fingerprint density at radius 2 is 2.30 bits per heavy atom. The van der Waals surface area contributed by atoms with Gasteiger partial charge in [-0.3, -0.25) is 9.89 Å². The number of esters is 1. The Balaban J connectivity index is 2.03. The molecule has 0 aliphatic carbocycles. The molecule has 106 valence electrons. The van der Waals surface area contributed by atoms with Gasteiger partial charge in [0.15, 0.2) is 0 Å². The number of hydrogen-bond acceptors (Lipinski definition) is 7. The van der Waals surface area contributed by atoms with Crippen molar-refractivity contribution in [3.05, 3.63) is 28.2 Å². The van der Waals surface area contributed by atoms with Crippen molar-refractivity contribution in [2.45, 2.75) is 13.5 Å². The van der Waals surface area contributed by atoms with Crippen LogP contribution in [0.4, 0.5) is 0 Å². The Hall–Kier alpha value is -2.29. The first-order valence-electron chi connectivity index (χ1n) is 5.84. The zero-order valence-electron chi connectivity index (χ0n) is 11.0. The van der Waals surface area contributed by atoms with Crippen molar-refractivity contribution in [2.24, 2.45) is 0 Å². The summed E-state index contributed by atoms with van der Waals surface area (Å²) in [5, 5.41) is 8.08. The van der Waals surface area contributed by atoms with Crippen LogP contribution in [-0.2, 0) is 11.3 Å². The molecule has 2 heterocycles. The standard InChI is InChI=1S/C11H13N5O3S/c1-3-19-11(18)9-14-7(5-20-9)10(17)16(2)4-8-12-6-13-15-8/h5-6H,3-4H2,1-2H3,(H,12,13,15). The summed E-state index contributed by atoms with van der Waals surface area (Å²) in [4.78, 5) is 33.0. The molecule has 0 saturated carbocycles. The summed E-state index contributed by atoms with van der Waals surface area (Å²) < 4.78 is 4.83. The highest BCUT2D eigenvalue weighted by molar-refractivity contribution is 7.11. The zero-order chi connectivity index (χ0) is 14.5. The highest BCUT2D eigenvalue weighted by atomic mass is 32.1. The van der Waals surface area contributed by atoms with Crippen LogP contribution in [0.1, 0.15) is 33.0 Å². The first-order valence-corrected chi connectivity index (χ1v) is 6.72. The van der Waals surface area contributed by atoms with Gasteiger partial charge in [-0.2, -0.15) is 5.10 Å². The molecule has 0 radical (unpaired) electrons. The van der Waals surface area contributed by atoms with Crippen molar-refractivity contribution in [2.75, 3.05) is 13.7 Å². The minimum atomic E-state index is -0.519. The second-order valence-corrected chi connectivity index (χ2v) is 4.71. The molecule has 20 heavy (non-hydrogen) atoms. The number of nitrogens with zero attached hydrogens (tertiary/aromatic N) is 4. The first-order chi connectivity index (χ1) is 9.61. The van der Waals surface area contributed by atoms with Gasteiger partial charge in [-0.25, -0.2) is 14.8 Å². The van der Waals surface area contributed by atoms with Crippen LogP contribution in [0.25, 0.3) is 0 Å². The lowest BCUT2D eigenvalue weighted by Gasteiger charge is -2.13. The SMILES string of the molecule is CCOC(=O)c1nc(C(=O)N(C)Cc2ncn[nH]2)cs1. The topological polar surface area (TPSA) is 101 Å². The molecule has 0 saturated heterocycles. The fourth-order valence-corrected chi connectivity index (χ4v) is 2.14. The summed E-state index contributed by atoms with van der Waals surface area (Å²) in [6.45, 7) is 2.26. The van der Waals surface area contributed by atoms with Crippen LogP contribution in [0.3, 0.4) is 0 Å². The Morgan fingerprint density at radius 3 is 2.95 bits per heavy atom. The third-order valence-electron chi connectivity index (χ3n) is 2.37. The zero-order valence-corrected chi connectivity index (χ0v) is 11.8. The average Bonchev–Trinajstić information content (AvgIpc) is 3.09. The van der Waals surface area contributed by atoms with Gasteiger partial charge in [-0.05, 0) is 6.92 Å². The number of nitrogens with one attached hydrogen (secondary N) is 1. The summed E-state index contributed by atoms with van der Waals surface area (Å²) in [5.74, 6) is -0.246. The molecule has 0 aromatic carbocycles. The van der Waals surface area contributed by atoms with Gasteiger partial charge in [0, 0.05) is 12.4 Å². The second kappa shape index (κ2) is 6.24. The number of hydrogen-bond donors (Lipinski definition) is 1. The summed E-state index contributed by atoms with van der Waals surface area (Å²) in [6.07, 6.45) is 1.37. The van der Waals surface area contributed by atoms with Gasteiger partial charge in [-0.15, -0.1) is 11.3 Å². The minimum Gasteiger partial charge on any atom is -0.461 e. The predicted molar refractivity (Wildman–Crippen MR) is 70.3 cm³/mol. The lowest BCUT2D eigenvalue weighted by Crippen LogP contribution is -2.27. The molecule has 0 atom stereocenters. The van der Waals surface area contributed by atoms with Crippen LogP contribution in [0.5, 0.6) is 0 Å². The van der Waals surface area contributed by atoms with E-state index < -0.39 is 5.97 Å². The van der Waals surface area contributed by atoms with Gasteiger partial charge < -0.3 is 9.64 Å². The molecule has 2 rings (SSSR count). The number of H-pyrrole nitrogens is 1. The fourth-order valence-electron chi connectivity index (χ4n) is 1.46. The fraction of sp³-hybridized carbons (Fsp3) is 0.364. The molecular formula is C11H13N5O3S. The van der Waals surface area contributed by atoms with Crippen LogP contribution in [0.2, 0.25) is 0 Å². The Kier molecular flexibility index (Phi) is 4.41. The monoisotopic (exact) mass is 295 g/mol. The van der Waals surface area contributed by atoms with Crippen molar-refractivity contribution in [1.29, 1.82) is 0 Å². The Bertz CT molecular complexity index is 595. The van der Waals surface area contributed by atoms with Crippen LogP contribution < -0.4 is 0 Å². The maximum atomic E-state index is 12.1. The Labute approximate surface area is 118 Å². The van der Waals surface area contributed by atoms with E-state index in [1.54, 1.807) is 14.0 Å². The summed E-state index contributed by atoms with van der Waals surface area (Å²) in [5.41, 5.74) is 0.208. The molecule has 8 nitrogen and oxygen atoms in total. The number of carbonyl (C=O) groups excluding carboxylic acids is 2. The maximum absolute atomic E-state index is 12.1. The number of aromatic nitrogens is 4. The predicted octanol–water partition coefficient (Wildman–Crippen LogP) is 0.710. The van der Waals surface area contributed by atoms with Crippen LogP contribution in [-0.4, -0.2) is 50.6 Å². The number of amides is 1. The lowest BCUT2D eigenvalue weighted by atomic mass is 10.4. The van der Waals surface area contributed by atoms with Gasteiger partial charge >= 0.3 is 5.97 Å². The molecule has 1 amide bonds. The molecule has 1 N–H and O–H groups in total. The molecule has 9 heteroatoms. The Morgan fingerprint density at radius 1 is 1.50 bits per heavy atom. The van der Waals surface area contributed by atoms with E-state index in [9.17, 15) is 9.59 Å².